The molecule has 7 rings (SSSR count). The fourth-order valence-corrected chi connectivity index (χ4v) is 8.96. The number of ketones is 4. The van der Waals surface area contributed by atoms with Gasteiger partial charge in [-0.2, -0.15) is 0 Å². The maximum absolute atomic E-state index is 14.9. The van der Waals surface area contributed by atoms with Gasteiger partial charge in [0.05, 0.1) is 42.1 Å². The van der Waals surface area contributed by atoms with Crippen LogP contribution in [-0.4, -0.2) is 131 Å². The summed E-state index contributed by atoms with van der Waals surface area (Å²) in [5.74, 6) is -7.50. The minimum Gasteiger partial charge on any atom is -0.507 e. The van der Waals surface area contributed by atoms with E-state index in [0.29, 0.717) is 12.8 Å². The molecule has 5 N–H and O–H groups in total. The van der Waals surface area contributed by atoms with E-state index < -0.39 is 135 Å². The second kappa shape index (κ2) is 15.2. The van der Waals surface area contributed by atoms with E-state index in [1.807, 2.05) is 30.3 Å². The highest BCUT2D eigenvalue weighted by molar-refractivity contribution is 6.53. The van der Waals surface area contributed by atoms with Crippen LogP contribution in [0.25, 0.3) is 0 Å². The number of hydrogen-bond donors (Lipinski definition) is 5. The van der Waals surface area contributed by atoms with E-state index >= 15 is 0 Å². The van der Waals surface area contributed by atoms with Crippen molar-refractivity contribution in [1.82, 2.24) is 0 Å². The lowest BCUT2D eigenvalue weighted by molar-refractivity contribution is -0.228. The number of aliphatic imine (C=N–C) groups is 1. The lowest BCUT2D eigenvalue weighted by Crippen LogP contribution is -2.73. The number of ether oxygens (including phenoxy) is 5. The van der Waals surface area contributed by atoms with Gasteiger partial charge in [-0.1, -0.05) is 36.4 Å². The molecule has 8 atom stereocenters. The van der Waals surface area contributed by atoms with Crippen molar-refractivity contribution in [2.75, 3.05) is 27.9 Å². The van der Waals surface area contributed by atoms with E-state index in [4.69, 9.17) is 23.7 Å². The Bertz CT molecular complexity index is 2270. The molecule has 306 valence electrons. The van der Waals surface area contributed by atoms with Gasteiger partial charge in [0.15, 0.2) is 23.2 Å². The van der Waals surface area contributed by atoms with Gasteiger partial charge in [-0.25, -0.2) is 4.79 Å². The van der Waals surface area contributed by atoms with E-state index in [1.54, 1.807) is 6.92 Å². The number of aryl methyl sites for hydroxylation is 2. The number of benzene rings is 3. The van der Waals surface area contributed by atoms with Gasteiger partial charge < -0.3 is 49.2 Å². The summed E-state index contributed by atoms with van der Waals surface area (Å²) < 4.78 is 27.6. The van der Waals surface area contributed by atoms with E-state index in [1.165, 1.54) is 27.2 Å². The molecule has 1 saturated heterocycles. The van der Waals surface area contributed by atoms with Gasteiger partial charge in [0.1, 0.15) is 35.4 Å². The van der Waals surface area contributed by atoms with Crippen molar-refractivity contribution in [3.05, 3.63) is 92.5 Å². The molecule has 0 bridgehead atoms. The van der Waals surface area contributed by atoms with Crippen LogP contribution >= 0.6 is 0 Å². The van der Waals surface area contributed by atoms with Gasteiger partial charge in [0.2, 0.25) is 17.3 Å². The number of rotatable bonds is 9. The molecule has 1 fully saturated rings. The number of carbonyl (C=O) groups excluding carboxylic acids is 5. The summed E-state index contributed by atoms with van der Waals surface area (Å²) in [5, 5.41) is 58.6. The Morgan fingerprint density at radius 2 is 1.62 bits per heavy atom. The highest BCUT2D eigenvalue weighted by Crippen LogP contribution is 2.56. The highest BCUT2D eigenvalue weighted by Gasteiger charge is 2.72. The number of phenols is 2. The number of carbonyl (C=O) groups is 5. The van der Waals surface area contributed by atoms with Crippen LogP contribution in [0.4, 0.5) is 0 Å². The maximum atomic E-state index is 14.9. The Morgan fingerprint density at radius 1 is 0.931 bits per heavy atom. The Morgan fingerprint density at radius 3 is 2.28 bits per heavy atom. The molecular formula is C42H43NO15. The maximum Gasteiger partial charge on any atom is 0.342 e. The summed E-state index contributed by atoms with van der Waals surface area (Å²) >= 11 is 0. The first-order valence-corrected chi connectivity index (χ1v) is 18.6. The van der Waals surface area contributed by atoms with Gasteiger partial charge >= 0.3 is 5.97 Å². The van der Waals surface area contributed by atoms with Crippen LogP contribution < -0.4 is 0 Å². The first kappa shape index (κ1) is 41.0. The average molecular weight is 802 g/mol. The number of Topliss-reactive ketones (excluding diaryl/α,β-unsaturated/α-hetero) is 4. The quantitative estimate of drug-likeness (QED) is 0.154. The van der Waals surface area contributed by atoms with Gasteiger partial charge in [0.25, 0.3) is 0 Å². The van der Waals surface area contributed by atoms with Crippen LogP contribution in [0.5, 0.6) is 11.5 Å². The first-order chi connectivity index (χ1) is 27.6. The summed E-state index contributed by atoms with van der Waals surface area (Å²) in [6.45, 7) is 3.04. The zero-order valence-corrected chi connectivity index (χ0v) is 32.3. The van der Waals surface area contributed by atoms with Crippen LogP contribution in [0.2, 0.25) is 0 Å². The van der Waals surface area contributed by atoms with Crippen LogP contribution in [0, 0.1) is 6.92 Å². The van der Waals surface area contributed by atoms with Gasteiger partial charge in [-0.3, -0.25) is 24.2 Å². The number of aliphatic hydroxyl groups is 3. The standard InChI is InChI=1S/C42H43NO15/c1-18-14-21-15-26(45)42(56-5)38(51)29-23(37(50)41(42,53)30(21)33(48)27(18)40(52)57-13-9-12-20-10-7-6-8-11-20)16-22-28(32(29)47)25(44)17-24(31(22)46)43-39-36(55-4)34(49)35(54-3)19(2)58-39/h6-8,10-11,14,16,19,26,34-36,39,45,47-49,53H,9,12-13,15,17H2,1-5H3/t19-,26+,34+,35-,36+,39-,41-,42+/m0/s1. The van der Waals surface area contributed by atoms with E-state index in [2.05, 4.69) is 4.99 Å². The Balaban J connectivity index is 1.31. The fourth-order valence-electron chi connectivity index (χ4n) is 8.96. The van der Waals surface area contributed by atoms with Crippen molar-refractivity contribution < 1.29 is 73.2 Å². The molecule has 3 aromatic carbocycles. The predicted molar refractivity (Wildman–Crippen MR) is 201 cm³/mol. The van der Waals surface area contributed by atoms with Crippen molar-refractivity contribution in [3.8, 4) is 11.5 Å². The van der Waals surface area contributed by atoms with Crippen molar-refractivity contribution in [2.24, 2.45) is 4.99 Å². The Kier molecular flexibility index (Phi) is 10.7. The zero-order valence-electron chi connectivity index (χ0n) is 32.3. The summed E-state index contributed by atoms with van der Waals surface area (Å²) in [7, 11) is 3.59. The van der Waals surface area contributed by atoms with Crippen molar-refractivity contribution in [1.29, 1.82) is 0 Å². The molecule has 0 amide bonds. The largest absolute Gasteiger partial charge is 0.507 e. The molecule has 16 nitrogen and oxygen atoms in total. The number of aliphatic hydroxyl groups excluding tert-OH is 2. The molecule has 3 aromatic rings. The van der Waals surface area contributed by atoms with Crippen LogP contribution in [0.1, 0.15) is 93.8 Å². The van der Waals surface area contributed by atoms with E-state index in [0.717, 1.165) is 18.7 Å². The molecule has 1 aliphatic heterocycles. The number of aromatic hydroxyl groups is 2. The molecule has 16 heteroatoms. The lowest BCUT2D eigenvalue weighted by atomic mass is 9.56. The van der Waals surface area contributed by atoms with Crippen LogP contribution in [0.3, 0.4) is 0 Å². The molecule has 0 unspecified atom stereocenters. The smallest absolute Gasteiger partial charge is 0.342 e. The molecule has 4 aliphatic rings. The van der Waals surface area contributed by atoms with E-state index in [-0.39, 0.29) is 23.4 Å². The van der Waals surface area contributed by atoms with Gasteiger partial charge in [-0.15, -0.1) is 0 Å². The number of methoxy groups -OCH3 is 3. The van der Waals surface area contributed by atoms with Crippen LogP contribution in [-0.2, 0) is 42.1 Å². The third-order valence-electron chi connectivity index (χ3n) is 11.7. The lowest BCUT2D eigenvalue weighted by Gasteiger charge is -2.52. The minimum atomic E-state index is -3.26. The summed E-state index contributed by atoms with van der Waals surface area (Å²) in [4.78, 5) is 75.1. The number of nitrogens with zero attached hydrogens (tertiary/aromatic N) is 1. The first-order valence-electron chi connectivity index (χ1n) is 18.6. The number of esters is 1. The normalized spacial score (nSPS) is 29.8. The van der Waals surface area contributed by atoms with E-state index in [9.17, 15) is 49.5 Å². The second-order valence-corrected chi connectivity index (χ2v) is 14.9. The Labute approximate surface area is 332 Å². The predicted octanol–water partition coefficient (Wildman–Crippen LogP) is 2.11. The number of phenolic OH excluding ortho intramolecular Hbond substituents is 2. The third kappa shape index (κ3) is 5.93. The molecule has 3 aliphatic carbocycles. The summed E-state index contributed by atoms with van der Waals surface area (Å²) in [5.41, 5.74) is -9.08. The van der Waals surface area contributed by atoms with Gasteiger partial charge in [-0.05, 0) is 49.4 Å². The number of fused-ring (bicyclic) bond motifs is 5. The minimum absolute atomic E-state index is 0.00179. The van der Waals surface area contributed by atoms with Crippen LogP contribution in [0.15, 0.2) is 47.5 Å². The third-order valence-corrected chi connectivity index (χ3v) is 11.7. The molecule has 0 radical (unpaired) electrons. The molecule has 1 heterocycles. The summed E-state index contributed by atoms with van der Waals surface area (Å²) in [6.07, 6.45) is -7.28. The molecule has 0 spiro atoms. The molecule has 0 aromatic heterocycles. The zero-order chi connectivity index (χ0) is 42.0. The fraction of sp³-hybridized carbons (Fsp3) is 0.429. The average Bonchev–Trinajstić information content (AvgIpc) is 3.17. The van der Waals surface area contributed by atoms with Crippen molar-refractivity contribution in [2.45, 2.75) is 87.5 Å². The SMILES string of the molecule is CO[C@@H]1[C@@H](O)[C@@H](OC)[C@@H](N=C2CC(=O)c3c(cc4c(c3O)C(=O)[C@]3(OC)[C@H](O)Cc5cc(C)c(C(=O)OCCCc6ccccc6)c(O)c5[C@]3(O)C4=O)C2=O)O[C@H]1C. The number of hydrogen-bond acceptors (Lipinski definition) is 16. The second-order valence-electron chi connectivity index (χ2n) is 14.9. The summed E-state index contributed by atoms with van der Waals surface area (Å²) in [6, 6.07) is 11.7. The molecular weight excluding hydrogens is 758 g/mol. The molecule has 0 saturated carbocycles. The molecule has 58 heavy (non-hydrogen) atoms. The topological polar surface area (TPSA) is 245 Å². The van der Waals surface area contributed by atoms with Crippen molar-refractivity contribution in [3.63, 3.8) is 0 Å². The van der Waals surface area contributed by atoms with Gasteiger partial charge in [0, 0.05) is 44.4 Å². The monoisotopic (exact) mass is 801 g/mol. The Hall–Kier alpha value is -5.20. The van der Waals surface area contributed by atoms with Crippen molar-refractivity contribution >= 4 is 34.8 Å². The highest BCUT2D eigenvalue weighted by atomic mass is 16.6.